The zero-order valence-corrected chi connectivity index (χ0v) is 21.7. The lowest BCUT2D eigenvalue weighted by atomic mass is 10.1. The Morgan fingerprint density at radius 3 is 2.54 bits per heavy atom. The summed E-state index contributed by atoms with van der Waals surface area (Å²) in [4.78, 5) is 19.6. The number of anilines is 3. The van der Waals surface area contributed by atoms with E-state index in [1.54, 1.807) is 4.90 Å². The molecule has 1 N–H and O–H groups in total. The van der Waals surface area contributed by atoms with Gasteiger partial charge in [0, 0.05) is 55.7 Å². The zero-order chi connectivity index (χ0) is 25.4. The van der Waals surface area contributed by atoms with Crippen molar-refractivity contribution in [1.82, 2.24) is 4.90 Å². The van der Waals surface area contributed by atoms with E-state index in [2.05, 4.69) is 33.3 Å². The number of carbonyl (C=O) groups excluding carboxylic acids is 1. The van der Waals surface area contributed by atoms with Gasteiger partial charge in [-0.25, -0.2) is 4.79 Å². The summed E-state index contributed by atoms with van der Waals surface area (Å²) in [5.41, 5.74) is 5.06. The smallest absolute Gasteiger partial charge is 0.326 e. The monoisotopic (exact) mass is 518 g/mol. The van der Waals surface area contributed by atoms with Crippen LogP contribution in [-0.2, 0) is 6.42 Å². The summed E-state index contributed by atoms with van der Waals surface area (Å²) >= 11 is 6.31. The maximum Gasteiger partial charge on any atom is 0.326 e. The van der Waals surface area contributed by atoms with Crippen molar-refractivity contribution in [1.29, 1.82) is 0 Å². The third kappa shape index (κ3) is 5.06. The lowest BCUT2D eigenvalue weighted by Gasteiger charge is -2.38. The molecule has 192 valence electrons. The van der Waals surface area contributed by atoms with E-state index >= 15 is 0 Å². The van der Waals surface area contributed by atoms with Crippen molar-refractivity contribution in [2.24, 2.45) is 0 Å². The minimum absolute atomic E-state index is 0.0481. The molecule has 3 heterocycles. The molecule has 6 rings (SSSR count). The van der Waals surface area contributed by atoms with Crippen LogP contribution in [0.3, 0.4) is 0 Å². The van der Waals surface area contributed by atoms with E-state index in [4.69, 9.17) is 21.1 Å². The maximum atomic E-state index is 13.0. The van der Waals surface area contributed by atoms with Crippen molar-refractivity contribution in [3.05, 3.63) is 76.8 Å². The predicted octanol–water partition coefficient (Wildman–Crippen LogP) is 5.21. The Morgan fingerprint density at radius 1 is 1.00 bits per heavy atom. The minimum Gasteiger partial charge on any atom is -0.486 e. The topological polar surface area (TPSA) is 57.3 Å². The van der Waals surface area contributed by atoms with E-state index in [0.717, 1.165) is 73.3 Å². The highest BCUT2D eigenvalue weighted by Crippen LogP contribution is 2.34. The number of hydrogen-bond donors (Lipinski definition) is 1. The van der Waals surface area contributed by atoms with Gasteiger partial charge in [-0.05, 0) is 66.9 Å². The summed E-state index contributed by atoms with van der Waals surface area (Å²) in [6, 6.07) is 19.8. The highest BCUT2D eigenvalue weighted by Gasteiger charge is 2.27. The van der Waals surface area contributed by atoms with Gasteiger partial charge in [0.25, 0.3) is 0 Å². The van der Waals surface area contributed by atoms with E-state index in [1.807, 2.05) is 49.4 Å². The van der Waals surface area contributed by atoms with Gasteiger partial charge in [0.05, 0.1) is 5.69 Å². The Balaban J connectivity index is 1.01. The Morgan fingerprint density at radius 2 is 1.76 bits per heavy atom. The highest BCUT2D eigenvalue weighted by molar-refractivity contribution is 6.31. The molecule has 0 aromatic heterocycles. The molecule has 8 heteroatoms. The second-order valence-electron chi connectivity index (χ2n) is 9.89. The van der Waals surface area contributed by atoms with Gasteiger partial charge in [-0.2, -0.15) is 0 Å². The Kier molecular flexibility index (Phi) is 6.57. The number of ether oxygens (including phenoxy) is 2. The number of benzene rings is 3. The first-order valence-corrected chi connectivity index (χ1v) is 13.2. The quantitative estimate of drug-likeness (QED) is 0.514. The van der Waals surface area contributed by atoms with Gasteiger partial charge < -0.3 is 19.7 Å². The third-order valence-electron chi connectivity index (χ3n) is 7.39. The lowest BCUT2D eigenvalue weighted by molar-refractivity contribution is 0.0571. The number of aryl methyl sites for hydroxylation is 1. The van der Waals surface area contributed by atoms with Gasteiger partial charge in [-0.3, -0.25) is 9.80 Å². The fourth-order valence-electron chi connectivity index (χ4n) is 5.32. The largest absolute Gasteiger partial charge is 0.486 e. The Labute approximate surface area is 222 Å². The van der Waals surface area contributed by atoms with Gasteiger partial charge in [0.2, 0.25) is 0 Å². The van der Waals surface area contributed by atoms with Crippen LogP contribution in [0.1, 0.15) is 11.1 Å². The first-order valence-electron chi connectivity index (χ1n) is 12.9. The molecule has 1 unspecified atom stereocenters. The van der Waals surface area contributed by atoms with Gasteiger partial charge >= 0.3 is 6.03 Å². The van der Waals surface area contributed by atoms with E-state index in [-0.39, 0.29) is 12.1 Å². The van der Waals surface area contributed by atoms with E-state index in [0.29, 0.717) is 18.2 Å². The number of fused-ring (bicyclic) bond motifs is 2. The molecule has 2 amide bonds. The second kappa shape index (κ2) is 10.1. The number of amides is 2. The van der Waals surface area contributed by atoms with E-state index in [1.165, 1.54) is 5.56 Å². The van der Waals surface area contributed by atoms with Gasteiger partial charge in [-0.1, -0.05) is 29.8 Å². The van der Waals surface area contributed by atoms with Crippen LogP contribution in [0.25, 0.3) is 0 Å². The summed E-state index contributed by atoms with van der Waals surface area (Å²) < 4.78 is 12.0. The van der Waals surface area contributed by atoms with Crippen LogP contribution in [0, 0.1) is 6.92 Å². The molecule has 3 aromatic carbocycles. The molecule has 37 heavy (non-hydrogen) atoms. The number of nitrogens with one attached hydrogen (secondary N) is 1. The summed E-state index contributed by atoms with van der Waals surface area (Å²) in [7, 11) is 0. The number of carbonyl (C=O) groups is 1. The van der Waals surface area contributed by atoms with Crippen LogP contribution in [-0.4, -0.2) is 62.9 Å². The molecule has 3 aromatic rings. The number of halogens is 1. The summed E-state index contributed by atoms with van der Waals surface area (Å²) in [6.07, 6.45) is 0.894. The molecule has 0 spiro atoms. The molecule has 0 aliphatic carbocycles. The van der Waals surface area contributed by atoms with Crippen molar-refractivity contribution in [3.8, 4) is 11.5 Å². The van der Waals surface area contributed by atoms with Crippen LogP contribution in [0.15, 0.2) is 60.7 Å². The molecule has 0 radical (unpaired) electrons. The molecule has 3 aliphatic rings. The summed E-state index contributed by atoms with van der Waals surface area (Å²) in [5, 5.41) is 3.73. The average Bonchev–Trinajstić information content (AvgIpc) is 3.32. The molecular formula is C29H31ClN4O3. The molecule has 7 nitrogen and oxygen atoms in total. The molecule has 0 saturated carbocycles. The van der Waals surface area contributed by atoms with Gasteiger partial charge in [0.1, 0.15) is 12.7 Å². The predicted molar refractivity (Wildman–Crippen MR) is 148 cm³/mol. The zero-order valence-electron chi connectivity index (χ0n) is 21.0. The van der Waals surface area contributed by atoms with Crippen LogP contribution in [0.4, 0.5) is 21.9 Å². The molecular weight excluding hydrogens is 488 g/mol. The molecule has 1 atom stereocenters. The summed E-state index contributed by atoms with van der Waals surface area (Å²) in [6.45, 7) is 7.92. The number of hydrogen-bond acceptors (Lipinski definition) is 5. The second-order valence-corrected chi connectivity index (χ2v) is 10.3. The highest BCUT2D eigenvalue weighted by atomic mass is 35.5. The Bertz CT molecular complexity index is 1290. The molecule has 3 aliphatic heterocycles. The number of nitrogens with zero attached hydrogens (tertiary/aromatic N) is 3. The number of para-hydroxylation sites is 2. The van der Waals surface area contributed by atoms with Crippen molar-refractivity contribution in [2.75, 3.05) is 61.0 Å². The first kappa shape index (κ1) is 23.9. The molecule has 0 bridgehead atoms. The summed E-state index contributed by atoms with van der Waals surface area (Å²) in [5.74, 6) is 1.66. The van der Waals surface area contributed by atoms with Crippen LogP contribution >= 0.6 is 11.6 Å². The van der Waals surface area contributed by atoms with Crippen LogP contribution < -0.4 is 24.6 Å². The average molecular weight is 519 g/mol. The fourth-order valence-corrected chi connectivity index (χ4v) is 5.48. The van der Waals surface area contributed by atoms with Crippen LogP contribution in [0.2, 0.25) is 5.02 Å². The van der Waals surface area contributed by atoms with Crippen molar-refractivity contribution < 1.29 is 14.3 Å². The fraction of sp³-hybridized carbons (Fsp3) is 0.345. The normalized spacial score (nSPS) is 19.0. The lowest BCUT2D eigenvalue weighted by Crippen LogP contribution is -2.50. The minimum atomic E-state index is -0.128. The van der Waals surface area contributed by atoms with Gasteiger partial charge in [0.15, 0.2) is 11.5 Å². The first-order chi connectivity index (χ1) is 18.0. The third-order valence-corrected chi connectivity index (χ3v) is 7.79. The van der Waals surface area contributed by atoms with E-state index < -0.39 is 0 Å². The molecule has 1 saturated heterocycles. The number of rotatable bonds is 4. The Hall–Kier alpha value is -3.42. The number of piperazine rings is 1. The van der Waals surface area contributed by atoms with Crippen molar-refractivity contribution >= 4 is 34.7 Å². The van der Waals surface area contributed by atoms with Gasteiger partial charge in [-0.15, -0.1) is 0 Å². The standard InChI is InChI=1S/C29H31ClN4O3/c1-20-16-21-10-11-34(26(21)17-25(20)30)29(35)31-22-6-8-23(9-7-22)33-14-12-32(13-15-33)18-24-19-36-27-4-2-3-5-28(27)37-24/h2-9,16-17,24H,10-15,18-19H2,1H3,(H,31,35). The SMILES string of the molecule is Cc1cc2c(cc1Cl)N(C(=O)Nc1ccc(N3CCN(CC4COc5ccccc5O4)CC3)cc1)CC2. The van der Waals surface area contributed by atoms with Crippen molar-refractivity contribution in [3.63, 3.8) is 0 Å². The van der Waals surface area contributed by atoms with E-state index in [9.17, 15) is 4.79 Å². The number of urea groups is 1. The maximum absolute atomic E-state index is 13.0. The molecule has 1 fully saturated rings. The van der Waals surface area contributed by atoms with Crippen LogP contribution in [0.5, 0.6) is 11.5 Å². The van der Waals surface area contributed by atoms with Crippen molar-refractivity contribution in [2.45, 2.75) is 19.4 Å².